The van der Waals surface area contributed by atoms with Gasteiger partial charge in [0.15, 0.2) is 0 Å². The SMILES string of the molecule is O=C(O)C1CC(c2ccc(O)cc2)=Nc2ccc(C(F)(F)F)cc2S1. The number of nitrogens with zero attached hydrogens (tertiary/aromatic N) is 1. The van der Waals surface area contributed by atoms with Crippen molar-refractivity contribution in [3.63, 3.8) is 0 Å². The van der Waals surface area contributed by atoms with E-state index in [9.17, 15) is 28.2 Å². The molecule has 130 valence electrons. The quantitative estimate of drug-likeness (QED) is 0.821. The van der Waals surface area contributed by atoms with Gasteiger partial charge in [0.1, 0.15) is 11.0 Å². The van der Waals surface area contributed by atoms with E-state index in [1.165, 1.54) is 18.2 Å². The lowest BCUT2D eigenvalue weighted by molar-refractivity contribution is -0.138. The van der Waals surface area contributed by atoms with Crippen LogP contribution in [0.4, 0.5) is 18.9 Å². The lowest BCUT2D eigenvalue weighted by Crippen LogP contribution is -2.20. The van der Waals surface area contributed by atoms with E-state index in [4.69, 9.17) is 0 Å². The van der Waals surface area contributed by atoms with Crippen LogP contribution in [0.15, 0.2) is 52.4 Å². The summed E-state index contributed by atoms with van der Waals surface area (Å²) in [7, 11) is 0. The summed E-state index contributed by atoms with van der Waals surface area (Å²) in [5, 5.41) is 17.8. The number of benzene rings is 2. The maximum Gasteiger partial charge on any atom is 0.416 e. The number of alkyl halides is 3. The Morgan fingerprint density at radius 1 is 1.16 bits per heavy atom. The molecule has 0 aliphatic carbocycles. The fraction of sp³-hybridized carbons (Fsp3) is 0.176. The van der Waals surface area contributed by atoms with Gasteiger partial charge < -0.3 is 10.2 Å². The highest BCUT2D eigenvalue weighted by Crippen LogP contribution is 2.41. The zero-order chi connectivity index (χ0) is 18.2. The fourth-order valence-electron chi connectivity index (χ4n) is 2.41. The maximum atomic E-state index is 12.9. The second-order valence-corrected chi connectivity index (χ2v) is 6.68. The van der Waals surface area contributed by atoms with Gasteiger partial charge in [-0.15, -0.1) is 11.8 Å². The topological polar surface area (TPSA) is 69.9 Å². The molecule has 0 radical (unpaired) electrons. The number of phenolic OH excluding ortho intramolecular Hbond substituents is 1. The van der Waals surface area contributed by atoms with Gasteiger partial charge in [0.05, 0.1) is 17.0 Å². The van der Waals surface area contributed by atoms with E-state index in [1.54, 1.807) is 12.1 Å². The minimum atomic E-state index is -4.51. The number of thioether (sulfide) groups is 1. The van der Waals surface area contributed by atoms with E-state index in [2.05, 4.69) is 4.99 Å². The van der Waals surface area contributed by atoms with Crippen molar-refractivity contribution >= 4 is 29.1 Å². The van der Waals surface area contributed by atoms with E-state index < -0.39 is 23.0 Å². The molecule has 2 aromatic rings. The van der Waals surface area contributed by atoms with Crippen LogP contribution < -0.4 is 0 Å². The first kappa shape index (κ1) is 17.3. The molecule has 0 spiro atoms. The molecule has 1 unspecified atom stereocenters. The van der Waals surface area contributed by atoms with Crippen molar-refractivity contribution in [1.29, 1.82) is 0 Å². The Kier molecular flexibility index (Phi) is 4.47. The van der Waals surface area contributed by atoms with E-state index in [0.717, 1.165) is 23.9 Å². The average molecular weight is 367 g/mol. The summed E-state index contributed by atoms with van der Waals surface area (Å²) in [6.07, 6.45) is -4.45. The van der Waals surface area contributed by atoms with E-state index >= 15 is 0 Å². The van der Waals surface area contributed by atoms with Crippen molar-refractivity contribution in [1.82, 2.24) is 0 Å². The number of aliphatic imine (C=N–C) groups is 1. The highest BCUT2D eigenvalue weighted by Gasteiger charge is 2.33. The van der Waals surface area contributed by atoms with Crippen LogP contribution in [0.2, 0.25) is 0 Å². The van der Waals surface area contributed by atoms with Gasteiger partial charge in [-0.05, 0) is 48.0 Å². The molecular weight excluding hydrogens is 355 g/mol. The molecule has 1 aliphatic rings. The Balaban J connectivity index is 2.10. The largest absolute Gasteiger partial charge is 0.508 e. The predicted octanol–water partition coefficient (Wildman–Crippen LogP) is 4.48. The molecule has 8 heteroatoms. The first-order chi connectivity index (χ1) is 11.7. The van der Waals surface area contributed by atoms with Gasteiger partial charge in [-0.25, -0.2) is 0 Å². The number of phenols is 1. The second-order valence-electron chi connectivity index (χ2n) is 5.43. The summed E-state index contributed by atoms with van der Waals surface area (Å²) in [5.74, 6) is -1.07. The van der Waals surface area contributed by atoms with Gasteiger partial charge in [-0.2, -0.15) is 13.2 Å². The van der Waals surface area contributed by atoms with Gasteiger partial charge in [0.25, 0.3) is 0 Å². The molecule has 0 aromatic heterocycles. The monoisotopic (exact) mass is 367 g/mol. The van der Waals surface area contributed by atoms with Crippen LogP contribution in [0.5, 0.6) is 5.75 Å². The van der Waals surface area contributed by atoms with Crippen molar-refractivity contribution in [2.24, 2.45) is 4.99 Å². The normalized spacial score (nSPS) is 17.4. The highest BCUT2D eigenvalue weighted by molar-refractivity contribution is 8.00. The maximum absolute atomic E-state index is 12.9. The van der Waals surface area contributed by atoms with Crippen molar-refractivity contribution < 1.29 is 28.2 Å². The molecule has 3 rings (SSSR count). The summed E-state index contributed by atoms with van der Waals surface area (Å²) < 4.78 is 38.7. The molecule has 0 saturated heterocycles. The molecule has 4 nitrogen and oxygen atoms in total. The molecule has 2 aromatic carbocycles. The first-order valence-electron chi connectivity index (χ1n) is 7.22. The average Bonchev–Trinajstić information content (AvgIpc) is 2.73. The number of halogens is 3. The lowest BCUT2D eigenvalue weighted by atomic mass is 10.0. The summed E-state index contributed by atoms with van der Waals surface area (Å²) in [5.41, 5.74) is 0.506. The van der Waals surface area contributed by atoms with Gasteiger partial charge in [0, 0.05) is 11.3 Å². The molecular formula is C17H12F3NO3S. The van der Waals surface area contributed by atoms with Crippen LogP contribution in [0.1, 0.15) is 17.5 Å². The number of hydrogen-bond acceptors (Lipinski definition) is 4. The number of carbonyl (C=O) groups is 1. The van der Waals surface area contributed by atoms with Gasteiger partial charge in [0.2, 0.25) is 0 Å². The zero-order valence-corrected chi connectivity index (χ0v) is 13.4. The zero-order valence-electron chi connectivity index (χ0n) is 12.6. The number of aliphatic carboxylic acids is 1. The van der Waals surface area contributed by atoms with Gasteiger partial charge in [-0.3, -0.25) is 9.79 Å². The van der Waals surface area contributed by atoms with Crippen molar-refractivity contribution in [3.8, 4) is 5.75 Å². The Hall–Kier alpha value is -2.48. The Morgan fingerprint density at radius 2 is 1.84 bits per heavy atom. The number of rotatable bonds is 2. The molecule has 0 fully saturated rings. The molecule has 1 heterocycles. The summed E-state index contributed by atoms with van der Waals surface area (Å²) >= 11 is 0.854. The molecule has 0 bridgehead atoms. The summed E-state index contributed by atoms with van der Waals surface area (Å²) in [4.78, 5) is 16.0. The molecule has 25 heavy (non-hydrogen) atoms. The third-order valence-electron chi connectivity index (χ3n) is 3.67. The Bertz CT molecular complexity index is 847. The summed E-state index contributed by atoms with van der Waals surface area (Å²) in [6, 6.07) is 9.17. The fourth-order valence-corrected chi connectivity index (χ4v) is 3.49. The number of carboxylic acid groups (broad SMARTS) is 1. The Morgan fingerprint density at radius 3 is 2.44 bits per heavy atom. The standard InChI is InChI=1S/C17H12F3NO3S/c18-17(19,20)10-3-6-12-14(7-10)25-15(16(23)24)8-13(21-12)9-1-4-11(22)5-2-9/h1-7,15,22H,8H2,(H,23,24). The van der Waals surface area contributed by atoms with Gasteiger partial charge in [-0.1, -0.05) is 0 Å². The lowest BCUT2D eigenvalue weighted by Gasteiger charge is -2.12. The van der Waals surface area contributed by atoms with Crippen LogP contribution in [0.3, 0.4) is 0 Å². The van der Waals surface area contributed by atoms with Crippen LogP contribution in [0, 0.1) is 0 Å². The third kappa shape index (κ3) is 3.79. The van der Waals surface area contributed by atoms with E-state index in [1.807, 2.05) is 0 Å². The minimum Gasteiger partial charge on any atom is -0.508 e. The third-order valence-corrected chi connectivity index (χ3v) is 4.90. The van der Waals surface area contributed by atoms with Crippen molar-refractivity contribution in [2.45, 2.75) is 22.7 Å². The first-order valence-corrected chi connectivity index (χ1v) is 8.09. The van der Waals surface area contributed by atoms with Crippen LogP contribution in [-0.2, 0) is 11.0 Å². The summed E-state index contributed by atoms with van der Waals surface area (Å²) in [6.45, 7) is 0. The Labute approximate surface area is 145 Å². The highest BCUT2D eigenvalue weighted by atomic mass is 32.2. The van der Waals surface area contributed by atoms with Crippen LogP contribution in [-0.4, -0.2) is 27.1 Å². The van der Waals surface area contributed by atoms with Crippen LogP contribution in [0.25, 0.3) is 0 Å². The van der Waals surface area contributed by atoms with Crippen LogP contribution >= 0.6 is 11.8 Å². The minimum absolute atomic E-state index is 0.0531. The molecule has 2 N–H and O–H groups in total. The number of hydrogen-bond donors (Lipinski definition) is 2. The molecule has 1 atom stereocenters. The van der Waals surface area contributed by atoms with Gasteiger partial charge >= 0.3 is 12.1 Å². The van der Waals surface area contributed by atoms with E-state index in [0.29, 0.717) is 17.0 Å². The number of carboxylic acids is 1. The molecule has 0 saturated carbocycles. The van der Waals surface area contributed by atoms with Crippen molar-refractivity contribution in [2.75, 3.05) is 0 Å². The smallest absolute Gasteiger partial charge is 0.416 e. The second kappa shape index (κ2) is 6.44. The molecule has 0 amide bonds. The van der Waals surface area contributed by atoms with Crippen molar-refractivity contribution in [3.05, 3.63) is 53.6 Å². The van der Waals surface area contributed by atoms with E-state index in [-0.39, 0.29) is 17.1 Å². The number of aromatic hydroxyl groups is 1. The molecule has 1 aliphatic heterocycles. The predicted molar refractivity (Wildman–Crippen MR) is 87.6 cm³/mol. The number of fused-ring (bicyclic) bond motifs is 1.